The van der Waals surface area contributed by atoms with Gasteiger partial charge in [-0.3, -0.25) is 19.5 Å². The van der Waals surface area contributed by atoms with E-state index in [9.17, 15) is 19.3 Å². The minimum absolute atomic E-state index is 0.0304. The van der Waals surface area contributed by atoms with Crippen LogP contribution >= 0.6 is 0 Å². The first-order valence-electron chi connectivity index (χ1n) is 7.39. The van der Waals surface area contributed by atoms with E-state index in [1.165, 1.54) is 56.9 Å². The van der Waals surface area contributed by atoms with Crippen molar-refractivity contribution in [1.82, 2.24) is 29.1 Å². The number of halogens is 1. The number of nitro groups is 1. The summed E-state index contributed by atoms with van der Waals surface area (Å²) in [7, 11) is 0. The first kappa shape index (κ1) is 15.6. The van der Waals surface area contributed by atoms with Gasteiger partial charge in [0.15, 0.2) is 5.65 Å². The van der Waals surface area contributed by atoms with Crippen LogP contribution in [0.1, 0.15) is 0 Å². The van der Waals surface area contributed by atoms with Crippen molar-refractivity contribution in [2.45, 2.75) is 6.67 Å². The van der Waals surface area contributed by atoms with Crippen molar-refractivity contribution >= 4 is 16.7 Å². The van der Waals surface area contributed by atoms with Crippen molar-refractivity contribution in [2.24, 2.45) is 0 Å². The summed E-state index contributed by atoms with van der Waals surface area (Å²) < 4.78 is 17.0. The average Bonchev–Trinajstić information content (AvgIpc) is 3.26. The molecular formula is C15H10FN7O3. The van der Waals surface area contributed by atoms with Crippen molar-refractivity contribution in [3.63, 3.8) is 0 Å². The highest BCUT2D eigenvalue weighted by molar-refractivity contribution is 5.74. The largest absolute Gasteiger partial charge is 0.307 e. The van der Waals surface area contributed by atoms with Gasteiger partial charge in [-0.15, -0.1) is 0 Å². The van der Waals surface area contributed by atoms with Crippen LogP contribution in [0.5, 0.6) is 0 Å². The molecule has 0 aliphatic rings. The number of aromatic nitrogens is 6. The molecule has 0 N–H and O–H groups in total. The van der Waals surface area contributed by atoms with E-state index in [0.29, 0.717) is 11.3 Å². The molecule has 130 valence electrons. The molecule has 0 spiro atoms. The maximum absolute atomic E-state index is 13.1. The van der Waals surface area contributed by atoms with Gasteiger partial charge in [-0.05, 0) is 24.3 Å². The van der Waals surface area contributed by atoms with E-state index in [2.05, 4.69) is 15.2 Å². The van der Waals surface area contributed by atoms with E-state index in [1.807, 2.05) is 0 Å². The predicted octanol–water partition coefficient (Wildman–Crippen LogP) is 1.33. The van der Waals surface area contributed by atoms with Crippen LogP contribution in [0.3, 0.4) is 0 Å². The third-order valence-corrected chi connectivity index (χ3v) is 3.75. The Kier molecular flexibility index (Phi) is 3.53. The molecule has 0 atom stereocenters. The first-order chi connectivity index (χ1) is 12.5. The summed E-state index contributed by atoms with van der Waals surface area (Å²) >= 11 is 0. The highest BCUT2D eigenvalue weighted by Crippen LogP contribution is 2.14. The average molecular weight is 355 g/mol. The maximum Gasteiger partial charge on any atom is 0.307 e. The number of hydrogen-bond acceptors (Lipinski definition) is 6. The molecule has 1 aromatic carbocycles. The first-order valence-corrected chi connectivity index (χ1v) is 7.39. The Labute approximate surface area is 143 Å². The topological polar surface area (TPSA) is 114 Å². The summed E-state index contributed by atoms with van der Waals surface area (Å²) in [4.78, 5) is 27.0. The van der Waals surface area contributed by atoms with Gasteiger partial charge in [-0.1, -0.05) is 0 Å². The SMILES string of the molecule is O=c1c2cnn(-c3ccc(F)cc3)c2ncn1Cn1cc([N+](=O)[O-])cn1. The molecule has 0 radical (unpaired) electrons. The van der Waals surface area contributed by atoms with E-state index in [-0.39, 0.29) is 29.1 Å². The predicted molar refractivity (Wildman–Crippen MR) is 87.4 cm³/mol. The molecule has 0 saturated heterocycles. The molecule has 11 heteroatoms. The molecule has 0 saturated carbocycles. The van der Waals surface area contributed by atoms with Gasteiger partial charge in [0, 0.05) is 0 Å². The zero-order valence-electron chi connectivity index (χ0n) is 13.1. The Morgan fingerprint density at radius 1 is 1.15 bits per heavy atom. The van der Waals surface area contributed by atoms with Crippen LogP contribution < -0.4 is 5.56 Å². The molecule has 0 aliphatic carbocycles. The van der Waals surface area contributed by atoms with E-state index in [0.717, 1.165) is 6.20 Å². The lowest BCUT2D eigenvalue weighted by Gasteiger charge is -2.06. The quantitative estimate of drug-likeness (QED) is 0.403. The highest BCUT2D eigenvalue weighted by atomic mass is 19.1. The van der Waals surface area contributed by atoms with Crippen LogP contribution in [0.4, 0.5) is 10.1 Å². The van der Waals surface area contributed by atoms with Gasteiger partial charge in [-0.25, -0.2) is 18.7 Å². The maximum atomic E-state index is 13.1. The molecule has 26 heavy (non-hydrogen) atoms. The van der Waals surface area contributed by atoms with E-state index < -0.39 is 4.92 Å². The van der Waals surface area contributed by atoms with Gasteiger partial charge in [0.05, 0.1) is 16.8 Å². The third kappa shape index (κ3) is 2.60. The fourth-order valence-electron chi connectivity index (χ4n) is 2.50. The van der Waals surface area contributed by atoms with Crippen LogP contribution in [-0.4, -0.2) is 34.0 Å². The monoisotopic (exact) mass is 355 g/mol. The van der Waals surface area contributed by atoms with E-state index in [4.69, 9.17) is 0 Å². The van der Waals surface area contributed by atoms with Gasteiger partial charge >= 0.3 is 5.69 Å². The Morgan fingerprint density at radius 3 is 2.62 bits per heavy atom. The summed E-state index contributed by atoms with van der Waals surface area (Å²) in [6, 6.07) is 5.62. The van der Waals surface area contributed by atoms with Crippen LogP contribution in [-0.2, 0) is 6.67 Å². The van der Waals surface area contributed by atoms with Crippen LogP contribution in [0.2, 0.25) is 0 Å². The standard InChI is InChI=1S/C15H10FN7O3/c16-10-1-3-11(4-2-10)22-14-13(6-19-22)15(24)20(8-17-14)9-21-7-12(5-18-21)23(25)26/h1-8H,9H2. The van der Waals surface area contributed by atoms with Crippen molar-refractivity contribution in [2.75, 3.05) is 0 Å². The minimum Gasteiger partial charge on any atom is -0.278 e. The molecule has 3 heterocycles. The Morgan fingerprint density at radius 2 is 1.92 bits per heavy atom. The fraction of sp³-hybridized carbons (Fsp3) is 0.0667. The van der Waals surface area contributed by atoms with Crippen LogP contribution in [0, 0.1) is 15.9 Å². The lowest BCUT2D eigenvalue weighted by Crippen LogP contribution is -2.24. The molecule has 0 bridgehead atoms. The van der Waals surface area contributed by atoms with Crippen LogP contribution in [0.25, 0.3) is 16.7 Å². The molecule has 4 rings (SSSR count). The molecule has 0 amide bonds. The summed E-state index contributed by atoms with van der Waals surface area (Å²) in [5, 5.41) is 19.0. The normalized spacial score (nSPS) is 11.1. The number of fused-ring (bicyclic) bond motifs is 1. The van der Waals surface area contributed by atoms with E-state index in [1.54, 1.807) is 0 Å². The number of benzene rings is 1. The molecule has 0 aliphatic heterocycles. The lowest BCUT2D eigenvalue weighted by molar-refractivity contribution is -0.385. The summed E-state index contributed by atoms with van der Waals surface area (Å²) in [6.45, 7) is -0.0304. The second-order valence-electron chi connectivity index (χ2n) is 5.43. The lowest BCUT2D eigenvalue weighted by atomic mass is 10.3. The molecular weight excluding hydrogens is 345 g/mol. The van der Waals surface area contributed by atoms with Crippen LogP contribution in [0.15, 0.2) is 54.0 Å². The van der Waals surface area contributed by atoms with Gasteiger partial charge in [0.1, 0.15) is 36.6 Å². The van der Waals surface area contributed by atoms with Gasteiger partial charge < -0.3 is 0 Å². The van der Waals surface area contributed by atoms with Gasteiger partial charge in [-0.2, -0.15) is 10.2 Å². The second-order valence-corrected chi connectivity index (χ2v) is 5.43. The second kappa shape index (κ2) is 5.88. The fourth-order valence-corrected chi connectivity index (χ4v) is 2.50. The number of hydrogen-bond donors (Lipinski definition) is 0. The van der Waals surface area contributed by atoms with Crippen molar-refractivity contribution in [3.05, 3.63) is 75.5 Å². The molecule has 0 fully saturated rings. The summed E-state index contributed by atoms with van der Waals surface area (Å²) in [6.07, 6.45) is 5.00. The Bertz CT molecular complexity index is 1180. The Balaban J connectivity index is 1.72. The smallest absolute Gasteiger partial charge is 0.278 e. The zero-order valence-corrected chi connectivity index (χ0v) is 13.1. The summed E-state index contributed by atoms with van der Waals surface area (Å²) in [5.74, 6) is -0.381. The number of rotatable bonds is 4. The minimum atomic E-state index is -0.569. The third-order valence-electron chi connectivity index (χ3n) is 3.75. The molecule has 4 aromatic rings. The van der Waals surface area contributed by atoms with Gasteiger partial charge in [0.25, 0.3) is 5.56 Å². The highest BCUT2D eigenvalue weighted by Gasteiger charge is 2.13. The van der Waals surface area contributed by atoms with Crippen molar-refractivity contribution < 1.29 is 9.31 Å². The van der Waals surface area contributed by atoms with Crippen molar-refractivity contribution in [3.8, 4) is 5.69 Å². The summed E-state index contributed by atoms with van der Waals surface area (Å²) in [5.41, 5.74) is 0.343. The zero-order chi connectivity index (χ0) is 18.3. The molecule has 0 unspecified atom stereocenters. The van der Waals surface area contributed by atoms with Gasteiger partial charge in [0.2, 0.25) is 0 Å². The molecule has 10 nitrogen and oxygen atoms in total. The van der Waals surface area contributed by atoms with Crippen molar-refractivity contribution in [1.29, 1.82) is 0 Å². The Hall–Kier alpha value is -3.89. The van der Waals surface area contributed by atoms with E-state index >= 15 is 0 Å². The molecule has 3 aromatic heterocycles. The number of nitrogens with zero attached hydrogens (tertiary/aromatic N) is 7.